The fraction of sp³-hybridized carbons (Fsp3) is 0.550. The molecule has 0 aromatic heterocycles. The summed E-state index contributed by atoms with van der Waals surface area (Å²) in [6, 6.07) is 5.38. The number of rotatable bonds is 5. The van der Waals surface area contributed by atoms with E-state index in [0.29, 0.717) is 50.0 Å². The van der Waals surface area contributed by atoms with Crippen LogP contribution in [0.25, 0.3) is 0 Å². The number of anilines is 1. The van der Waals surface area contributed by atoms with Gasteiger partial charge in [0.2, 0.25) is 11.8 Å². The molecule has 0 bridgehead atoms. The standard InChI is InChI=1S/C20H26BrN3O4/c1-14(2)3-6-18(25)22-7-9-23(10-8-22)19(26)12-24-16-5-4-15(21)11-17(16)28-13-20(24)27/h4-5,11,14H,3,6-10,12-13H2,1-2H3. The number of halogens is 1. The highest BCUT2D eigenvalue weighted by atomic mass is 79.9. The third kappa shape index (κ3) is 4.84. The van der Waals surface area contributed by atoms with E-state index >= 15 is 0 Å². The maximum Gasteiger partial charge on any atom is 0.265 e. The van der Waals surface area contributed by atoms with Gasteiger partial charge in [-0.3, -0.25) is 19.3 Å². The van der Waals surface area contributed by atoms with Gasteiger partial charge in [-0.15, -0.1) is 0 Å². The van der Waals surface area contributed by atoms with Gasteiger partial charge in [0.1, 0.15) is 12.3 Å². The van der Waals surface area contributed by atoms with Gasteiger partial charge in [-0.2, -0.15) is 0 Å². The van der Waals surface area contributed by atoms with Crippen molar-refractivity contribution in [3.63, 3.8) is 0 Å². The Morgan fingerprint density at radius 2 is 1.75 bits per heavy atom. The summed E-state index contributed by atoms with van der Waals surface area (Å²) in [7, 11) is 0. The van der Waals surface area contributed by atoms with Gasteiger partial charge < -0.3 is 14.5 Å². The van der Waals surface area contributed by atoms with Crippen molar-refractivity contribution >= 4 is 39.3 Å². The van der Waals surface area contributed by atoms with Crippen molar-refractivity contribution in [2.24, 2.45) is 5.92 Å². The number of carbonyl (C=O) groups is 3. The van der Waals surface area contributed by atoms with Gasteiger partial charge in [0.15, 0.2) is 6.61 Å². The van der Waals surface area contributed by atoms with Crippen LogP contribution in [0.2, 0.25) is 0 Å². The van der Waals surface area contributed by atoms with Crippen molar-refractivity contribution in [2.45, 2.75) is 26.7 Å². The molecule has 2 aliphatic heterocycles. The van der Waals surface area contributed by atoms with E-state index in [2.05, 4.69) is 29.8 Å². The van der Waals surface area contributed by atoms with Crippen molar-refractivity contribution in [2.75, 3.05) is 44.2 Å². The topological polar surface area (TPSA) is 70.2 Å². The molecule has 2 aliphatic rings. The van der Waals surface area contributed by atoms with Gasteiger partial charge in [-0.05, 0) is 30.5 Å². The number of carbonyl (C=O) groups excluding carboxylic acids is 3. The second-order valence-corrected chi connectivity index (χ2v) is 8.49. The molecule has 0 N–H and O–H groups in total. The third-order valence-electron chi connectivity index (χ3n) is 5.08. The van der Waals surface area contributed by atoms with Gasteiger partial charge in [0.05, 0.1) is 5.69 Å². The molecule has 3 amide bonds. The van der Waals surface area contributed by atoms with E-state index in [4.69, 9.17) is 4.74 Å². The quantitative estimate of drug-likeness (QED) is 0.688. The van der Waals surface area contributed by atoms with E-state index in [-0.39, 0.29) is 30.9 Å². The fourth-order valence-corrected chi connectivity index (χ4v) is 3.70. The average Bonchev–Trinajstić information content (AvgIpc) is 2.68. The summed E-state index contributed by atoms with van der Waals surface area (Å²) >= 11 is 3.38. The highest BCUT2D eigenvalue weighted by Crippen LogP contribution is 2.34. The van der Waals surface area contributed by atoms with Crippen molar-refractivity contribution < 1.29 is 19.1 Å². The molecule has 28 heavy (non-hydrogen) atoms. The monoisotopic (exact) mass is 451 g/mol. The molecule has 0 unspecified atom stereocenters. The Bertz CT molecular complexity index is 760. The zero-order valence-electron chi connectivity index (χ0n) is 16.3. The predicted molar refractivity (Wildman–Crippen MR) is 109 cm³/mol. The van der Waals surface area contributed by atoms with Gasteiger partial charge in [-0.25, -0.2) is 0 Å². The van der Waals surface area contributed by atoms with Crippen LogP contribution in [0, 0.1) is 5.92 Å². The maximum atomic E-state index is 12.8. The van der Waals surface area contributed by atoms with E-state index in [0.717, 1.165) is 10.9 Å². The van der Waals surface area contributed by atoms with Crippen LogP contribution >= 0.6 is 15.9 Å². The minimum absolute atomic E-state index is 0.0158. The number of benzene rings is 1. The molecule has 8 heteroatoms. The molecule has 0 radical (unpaired) electrons. The molecule has 3 rings (SSSR count). The summed E-state index contributed by atoms with van der Waals surface area (Å²) in [5.74, 6) is 0.899. The second kappa shape index (κ2) is 8.94. The van der Waals surface area contributed by atoms with Crippen LogP contribution in [0.5, 0.6) is 5.75 Å². The first-order valence-corrected chi connectivity index (χ1v) is 10.4. The van der Waals surface area contributed by atoms with Crippen LogP contribution < -0.4 is 9.64 Å². The number of amides is 3. The molecule has 7 nitrogen and oxygen atoms in total. The van der Waals surface area contributed by atoms with Crippen LogP contribution in [0.1, 0.15) is 26.7 Å². The lowest BCUT2D eigenvalue weighted by molar-refractivity contribution is -0.139. The molecule has 152 valence electrons. The predicted octanol–water partition coefficient (Wildman–Crippen LogP) is 2.28. The Balaban J connectivity index is 1.56. The molecule has 1 fully saturated rings. The van der Waals surface area contributed by atoms with Crippen molar-refractivity contribution in [1.29, 1.82) is 0 Å². The summed E-state index contributed by atoms with van der Waals surface area (Å²) in [4.78, 5) is 42.4. The summed E-state index contributed by atoms with van der Waals surface area (Å²) in [6.45, 7) is 6.21. The van der Waals surface area contributed by atoms with Crippen LogP contribution in [0.4, 0.5) is 5.69 Å². The first-order chi connectivity index (χ1) is 13.3. The molecule has 1 aromatic rings. The Labute approximate surface area is 173 Å². The smallest absolute Gasteiger partial charge is 0.265 e. The lowest BCUT2D eigenvalue weighted by Gasteiger charge is -2.36. The molecule has 1 saturated heterocycles. The third-order valence-corrected chi connectivity index (χ3v) is 5.57. The summed E-state index contributed by atoms with van der Waals surface area (Å²) in [5.41, 5.74) is 0.607. The van der Waals surface area contributed by atoms with Crippen LogP contribution in [0.3, 0.4) is 0 Å². The van der Waals surface area contributed by atoms with Crippen LogP contribution in [-0.4, -0.2) is 66.9 Å². The Hall–Kier alpha value is -2.09. The number of fused-ring (bicyclic) bond motifs is 1. The molecule has 0 saturated carbocycles. The molecule has 0 aliphatic carbocycles. The number of hydrogen-bond donors (Lipinski definition) is 0. The van der Waals surface area contributed by atoms with Gasteiger partial charge in [0.25, 0.3) is 5.91 Å². The fourth-order valence-electron chi connectivity index (χ4n) is 3.36. The first kappa shape index (κ1) is 20.6. The SMILES string of the molecule is CC(C)CCC(=O)N1CCN(C(=O)CN2C(=O)COc3cc(Br)ccc32)CC1. The summed E-state index contributed by atoms with van der Waals surface area (Å²) < 4.78 is 6.32. The van der Waals surface area contributed by atoms with E-state index in [1.165, 1.54) is 4.90 Å². The summed E-state index contributed by atoms with van der Waals surface area (Å²) in [6.07, 6.45) is 1.44. The minimum Gasteiger partial charge on any atom is -0.482 e. The van der Waals surface area contributed by atoms with E-state index in [9.17, 15) is 14.4 Å². The summed E-state index contributed by atoms with van der Waals surface area (Å²) in [5, 5.41) is 0. The van der Waals surface area contributed by atoms with Gasteiger partial charge >= 0.3 is 0 Å². The Kier molecular flexibility index (Phi) is 6.59. The number of nitrogens with zero attached hydrogens (tertiary/aromatic N) is 3. The lowest BCUT2D eigenvalue weighted by atomic mass is 10.1. The zero-order valence-corrected chi connectivity index (χ0v) is 17.9. The van der Waals surface area contributed by atoms with Gasteiger partial charge in [0, 0.05) is 37.1 Å². The van der Waals surface area contributed by atoms with Crippen LogP contribution in [-0.2, 0) is 14.4 Å². The van der Waals surface area contributed by atoms with Crippen molar-refractivity contribution in [3.05, 3.63) is 22.7 Å². The highest BCUT2D eigenvalue weighted by Gasteiger charge is 2.30. The highest BCUT2D eigenvalue weighted by molar-refractivity contribution is 9.10. The molecule has 0 spiro atoms. The second-order valence-electron chi connectivity index (χ2n) is 7.57. The van der Waals surface area contributed by atoms with Gasteiger partial charge in [-0.1, -0.05) is 29.8 Å². The van der Waals surface area contributed by atoms with E-state index in [1.54, 1.807) is 17.0 Å². The van der Waals surface area contributed by atoms with Crippen molar-refractivity contribution in [1.82, 2.24) is 9.80 Å². The van der Waals surface area contributed by atoms with Crippen LogP contribution in [0.15, 0.2) is 22.7 Å². The first-order valence-electron chi connectivity index (χ1n) is 9.63. The molecular formula is C20H26BrN3O4. The van der Waals surface area contributed by atoms with Crippen molar-refractivity contribution in [3.8, 4) is 5.75 Å². The minimum atomic E-state index is -0.231. The molecule has 2 heterocycles. The maximum absolute atomic E-state index is 12.8. The average molecular weight is 452 g/mol. The normalized spacial score (nSPS) is 16.9. The molecule has 0 atom stereocenters. The Morgan fingerprint density at radius 1 is 1.11 bits per heavy atom. The zero-order chi connectivity index (χ0) is 20.3. The number of hydrogen-bond acceptors (Lipinski definition) is 4. The number of piperazine rings is 1. The van der Waals surface area contributed by atoms with E-state index < -0.39 is 0 Å². The largest absolute Gasteiger partial charge is 0.482 e. The number of ether oxygens (including phenoxy) is 1. The van der Waals surface area contributed by atoms with E-state index in [1.807, 2.05) is 11.0 Å². The molecular weight excluding hydrogens is 426 g/mol. The lowest BCUT2D eigenvalue weighted by Crippen LogP contribution is -2.53. The molecule has 1 aromatic carbocycles. The Morgan fingerprint density at radius 3 is 2.39 bits per heavy atom.